The molecular weight excluding hydrogens is 230 g/mol. The summed E-state index contributed by atoms with van der Waals surface area (Å²) < 4.78 is 0. The molecule has 1 atom stereocenters. The Bertz CT molecular complexity index is 516. The van der Waals surface area contributed by atoms with E-state index in [-0.39, 0.29) is 0 Å². The van der Waals surface area contributed by atoms with Crippen LogP contribution in [0.3, 0.4) is 0 Å². The molecule has 0 aromatic heterocycles. The van der Waals surface area contributed by atoms with Crippen molar-refractivity contribution in [3.8, 4) is 0 Å². The van der Waals surface area contributed by atoms with Gasteiger partial charge in [-0.15, -0.1) is 0 Å². The molecule has 1 heteroatoms. The molecule has 1 nitrogen and oxygen atoms in total. The van der Waals surface area contributed by atoms with Crippen molar-refractivity contribution in [2.75, 3.05) is 6.54 Å². The van der Waals surface area contributed by atoms with Crippen LogP contribution >= 0.6 is 0 Å². The lowest BCUT2D eigenvalue weighted by Gasteiger charge is -2.21. The third kappa shape index (κ3) is 3.68. The maximum absolute atomic E-state index is 3.61. The number of hydrogen-bond acceptors (Lipinski definition) is 1. The van der Waals surface area contributed by atoms with Gasteiger partial charge >= 0.3 is 0 Å². The Kier molecular flexibility index (Phi) is 4.75. The van der Waals surface area contributed by atoms with Crippen LogP contribution in [0.15, 0.2) is 48.5 Å². The zero-order valence-electron chi connectivity index (χ0n) is 12.1. The van der Waals surface area contributed by atoms with E-state index in [1.165, 1.54) is 22.3 Å². The number of benzene rings is 2. The molecule has 0 saturated heterocycles. The lowest BCUT2D eigenvalue weighted by molar-refractivity contribution is 0.547. The largest absolute Gasteiger partial charge is 0.310 e. The van der Waals surface area contributed by atoms with Gasteiger partial charge in [-0.3, -0.25) is 0 Å². The van der Waals surface area contributed by atoms with Crippen LogP contribution in [-0.2, 0) is 6.42 Å². The van der Waals surface area contributed by atoms with Crippen molar-refractivity contribution < 1.29 is 0 Å². The third-order valence-electron chi connectivity index (χ3n) is 3.53. The topological polar surface area (TPSA) is 12.0 Å². The van der Waals surface area contributed by atoms with Crippen molar-refractivity contribution in [2.45, 2.75) is 33.2 Å². The van der Waals surface area contributed by atoms with Crippen LogP contribution in [0.25, 0.3) is 0 Å². The summed E-state index contributed by atoms with van der Waals surface area (Å²) in [6, 6.07) is 17.8. The molecule has 0 aliphatic heterocycles. The first-order valence-electron chi connectivity index (χ1n) is 7.05. The summed E-state index contributed by atoms with van der Waals surface area (Å²) >= 11 is 0. The van der Waals surface area contributed by atoms with Gasteiger partial charge in [-0.25, -0.2) is 0 Å². The first kappa shape index (κ1) is 13.8. The Morgan fingerprint density at radius 1 is 1.00 bits per heavy atom. The smallest absolute Gasteiger partial charge is 0.0363 e. The van der Waals surface area contributed by atoms with Gasteiger partial charge in [0.05, 0.1) is 0 Å². The lowest BCUT2D eigenvalue weighted by atomic mass is 9.94. The van der Waals surface area contributed by atoms with Crippen molar-refractivity contribution in [3.63, 3.8) is 0 Å². The van der Waals surface area contributed by atoms with E-state index in [1.54, 1.807) is 0 Å². The normalized spacial score (nSPS) is 12.4. The SMILES string of the molecule is CCNC(Cc1ccccc1)c1ccc(C)cc1C. The number of nitrogens with one attached hydrogen (secondary N) is 1. The van der Waals surface area contributed by atoms with E-state index in [4.69, 9.17) is 0 Å². The molecular formula is C18H23N. The highest BCUT2D eigenvalue weighted by Gasteiger charge is 2.13. The molecule has 2 aromatic rings. The molecule has 0 spiro atoms. The molecule has 0 aliphatic carbocycles. The molecule has 19 heavy (non-hydrogen) atoms. The predicted molar refractivity (Wildman–Crippen MR) is 82.5 cm³/mol. The summed E-state index contributed by atoms with van der Waals surface area (Å²) in [4.78, 5) is 0. The number of hydrogen-bond donors (Lipinski definition) is 1. The van der Waals surface area contributed by atoms with Crippen LogP contribution in [0.1, 0.15) is 35.2 Å². The second-order valence-electron chi connectivity index (χ2n) is 5.16. The highest BCUT2D eigenvalue weighted by molar-refractivity contribution is 5.34. The van der Waals surface area contributed by atoms with Crippen LogP contribution in [0, 0.1) is 13.8 Å². The van der Waals surface area contributed by atoms with Gasteiger partial charge in [-0.2, -0.15) is 0 Å². The van der Waals surface area contributed by atoms with Gasteiger partial charge in [0.15, 0.2) is 0 Å². The Morgan fingerprint density at radius 3 is 2.37 bits per heavy atom. The molecule has 2 rings (SSSR count). The Labute approximate surface area is 116 Å². The maximum atomic E-state index is 3.61. The zero-order valence-corrected chi connectivity index (χ0v) is 12.1. The highest BCUT2D eigenvalue weighted by Crippen LogP contribution is 2.22. The van der Waals surface area contributed by atoms with E-state index in [0.29, 0.717) is 6.04 Å². The first-order chi connectivity index (χ1) is 9.20. The monoisotopic (exact) mass is 253 g/mol. The molecule has 0 radical (unpaired) electrons. The van der Waals surface area contributed by atoms with Crippen LogP contribution in [0.4, 0.5) is 0 Å². The number of rotatable bonds is 5. The summed E-state index contributed by atoms with van der Waals surface area (Å²) in [6.45, 7) is 7.51. The Balaban J connectivity index is 2.24. The number of aryl methyl sites for hydroxylation is 2. The molecule has 1 unspecified atom stereocenters. The number of likely N-dealkylation sites (N-methyl/N-ethyl adjacent to an activating group) is 1. The summed E-state index contributed by atoms with van der Waals surface area (Å²) in [5.41, 5.74) is 5.50. The van der Waals surface area contributed by atoms with E-state index < -0.39 is 0 Å². The molecule has 0 heterocycles. The maximum Gasteiger partial charge on any atom is 0.0363 e. The molecule has 0 saturated carbocycles. The minimum absolute atomic E-state index is 0.396. The van der Waals surface area contributed by atoms with Gasteiger partial charge in [0.25, 0.3) is 0 Å². The standard InChI is InChI=1S/C18H23N/c1-4-19-18(13-16-8-6-5-7-9-16)17-11-10-14(2)12-15(17)3/h5-12,18-19H,4,13H2,1-3H3. The molecule has 0 amide bonds. The second kappa shape index (κ2) is 6.53. The zero-order chi connectivity index (χ0) is 13.7. The highest BCUT2D eigenvalue weighted by atomic mass is 14.9. The Hall–Kier alpha value is -1.60. The summed E-state index contributed by atoms with van der Waals surface area (Å²) in [5.74, 6) is 0. The molecule has 1 N–H and O–H groups in total. The van der Waals surface area contributed by atoms with Crippen molar-refractivity contribution in [3.05, 3.63) is 70.8 Å². The van der Waals surface area contributed by atoms with E-state index in [1.807, 2.05) is 0 Å². The fourth-order valence-electron chi connectivity index (χ4n) is 2.60. The van der Waals surface area contributed by atoms with Crippen LogP contribution in [-0.4, -0.2) is 6.54 Å². The summed E-state index contributed by atoms with van der Waals surface area (Å²) in [6.07, 6.45) is 1.04. The van der Waals surface area contributed by atoms with Gasteiger partial charge in [0.1, 0.15) is 0 Å². The van der Waals surface area contributed by atoms with E-state index in [9.17, 15) is 0 Å². The fraction of sp³-hybridized carbons (Fsp3) is 0.333. The minimum Gasteiger partial charge on any atom is -0.310 e. The summed E-state index contributed by atoms with van der Waals surface area (Å²) in [7, 11) is 0. The first-order valence-corrected chi connectivity index (χ1v) is 7.05. The lowest BCUT2D eigenvalue weighted by Crippen LogP contribution is -2.23. The van der Waals surface area contributed by atoms with E-state index >= 15 is 0 Å². The van der Waals surface area contributed by atoms with Gasteiger partial charge in [0.2, 0.25) is 0 Å². The molecule has 0 aliphatic rings. The molecule has 0 bridgehead atoms. The van der Waals surface area contributed by atoms with Gasteiger partial charge in [-0.1, -0.05) is 61.0 Å². The van der Waals surface area contributed by atoms with Gasteiger partial charge in [-0.05, 0) is 43.5 Å². The van der Waals surface area contributed by atoms with Crippen LogP contribution in [0.2, 0.25) is 0 Å². The molecule has 2 aromatic carbocycles. The quantitative estimate of drug-likeness (QED) is 0.842. The van der Waals surface area contributed by atoms with Gasteiger partial charge in [0, 0.05) is 6.04 Å². The van der Waals surface area contributed by atoms with Crippen molar-refractivity contribution in [2.24, 2.45) is 0 Å². The van der Waals surface area contributed by atoms with Crippen molar-refractivity contribution in [1.29, 1.82) is 0 Å². The van der Waals surface area contributed by atoms with Crippen LogP contribution < -0.4 is 5.32 Å². The van der Waals surface area contributed by atoms with Crippen molar-refractivity contribution in [1.82, 2.24) is 5.32 Å². The fourth-order valence-corrected chi connectivity index (χ4v) is 2.60. The van der Waals surface area contributed by atoms with E-state index in [0.717, 1.165) is 13.0 Å². The summed E-state index contributed by atoms with van der Waals surface area (Å²) in [5, 5.41) is 3.61. The van der Waals surface area contributed by atoms with E-state index in [2.05, 4.69) is 74.6 Å². The predicted octanol–water partition coefficient (Wildman–Crippen LogP) is 4.20. The third-order valence-corrected chi connectivity index (χ3v) is 3.53. The van der Waals surface area contributed by atoms with Crippen LogP contribution in [0.5, 0.6) is 0 Å². The molecule has 100 valence electrons. The van der Waals surface area contributed by atoms with Gasteiger partial charge < -0.3 is 5.32 Å². The molecule has 0 fully saturated rings. The average Bonchev–Trinajstić information content (AvgIpc) is 2.39. The van der Waals surface area contributed by atoms with Crippen molar-refractivity contribution >= 4 is 0 Å². The second-order valence-corrected chi connectivity index (χ2v) is 5.16. The minimum atomic E-state index is 0.396. The average molecular weight is 253 g/mol. The Morgan fingerprint density at radius 2 is 1.74 bits per heavy atom.